The molecule has 1 unspecified atom stereocenters. The van der Waals surface area contributed by atoms with E-state index in [9.17, 15) is 9.59 Å². The molecule has 3 aromatic rings. The van der Waals surface area contributed by atoms with Crippen LogP contribution >= 0.6 is 0 Å². The summed E-state index contributed by atoms with van der Waals surface area (Å²) in [7, 11) is 3.30. The third-order valence-corrected chi connectivity index (χ3v) is 7.07. The van der Waals surface area contributed by atoms with Crippen molar-refractivity contribution in [3.63, 3.8) is 0 Å². The summed E-state index contributed by atoms with van der Waals surface area (Å²) in [4.78, 5) is 39.0. The number of allylic oxidation sites excluding steroid dienone is 1. The van der Waals surface area contributed by atoms with Crippen molar-refractivity contribution >= 4 is 40.6 Å². The molecule has 2 aliphatic heterocycles. The van der Waals surface area contributed by atoms with Crippen molar-refractivity contribution in [1.29, 1.82) is 0 Å². The fourth-order valence-electron chi connectivity index (χ4n) is 4.95. The Morgan fingerprint density at radius 3 is 2.79 bits per heavy atom. The maximum Gasteiger partial charge on any atom is 0.251 e. The Bertz CT molecular complexity index is 1360. The van der Waals surface area contributed by atoms with Gasteiger partial charge in [0.05, 0.1) is 24.9 Å². The van der Waals surface area contributed by atoms with Gasteiger partial charge in [-0.25, -0.2) is 4.98 Å². The van der Waals surface area contributed by atoms with Gasteiger partial charge in [0.2, 0.25) is 11.9 Å². The molecule has 10 heteroatoms. The number of methoxy groups -OCH3 is 1. The second-order valence-corrected chi connectivity index (χ2v) is 9.67. The van der Waals surface area contributed by atoms with Crippen LogP contribution in [-0.4, -0.2) is 61.6 Å². The Hall–Kier alpha value is -4.44. The predicted octanol–water partition coefficient (Wildman–Crippen LogP) is 3.63. The quantitative estimate of drug-likeness (QED) is 0.381. The first kappa shape index (κ1) is 26.2. The van der Waals surface area contributed by atoms with Gasteiger partial charge >= 0.3 is 0 Å². The molecule has 1 saturated heterocycles. The number of fused-ring (bicyclic) bond motifs is 1. The predicted molar refractivity (Wildman–Crippen MR) is 152 cm³/mol. The average Bonchev–Trinajstić information content (AvgIpc) is 3.45. The first-order chi connectivity index (χ1) is 19.0. The van der Waals surface area contributed by atoms with Crippen LogP contribution < -0.4 is 30.5 Å². The van der Waals surface area contributed by atoms with Crippen LogP contribution in [0.5, 0.6) is 5.75 Å². The Morgan fingerprint density at radius 2 is 2.08 bits per heavy atom. The van der Waals surface area contributed by atoms with Crippen LogP contribution in [0.2, 0.25) is 0 Å². The SMILES string of the molecule is C=CCC1CN(c2ccccc2)c2nc(Nc3ccc(C(=O)N[C@@H]4CCNC4)cc3OC)ncc2N(C)C1=O. The van der Waals surface area contributed by atoms with Gasteiger partial charge in [-0.3, -0.25) is 9.59 Å². The molecule has 0 spiro atoms. The normalized spacial score (nSPS) is 18.8. The number of aromatic nitrogens is 2. The summed E-state index contributed by atoms with van der Waals surface area (Å²) < 4.78 is 5.59. The van der Waals surface area contributed by atoms with Crippen molar-refractivity contribution in [2.75, 3.05) is 48.9 Å². The lowest BCUT2D eigenvalue weighted by Gasteiger charge is -2.25. The lowest BCUT2D eigenvalue weighted by atomic mass is 10.0. The van der Waals surface area contributed by atoms with Crippen LogP contribution in [-0.2, 0) is 4.79 Å². The summed E-state index contributed by atoms with van der Waals surface area (Å²) in [5.41, 5.74) is 2.66. The molecule has 0 saturated carbocycles. The highest BCUT2D eigenvalue weighted by molar-refractivity contribution is 6.00. The molecule has 0 radical (unpaired) electrons. The molecule has 39 heavy (non-hydrogen) atoms. The molecule has 10 nitrogen and oxygen atoms in total. The minimum absolute atomic E-state index is 0.0113. The largest absolute Gasteiger partial charge is 0.495 e. The number of anilines is 5. The van der Waals surface area contributed by atoms with E-state index >= 15 is 0 Å². The van der Waals surface area contributed by atoms with Crippen molar-refractivity contribution in [2.45, 2.75) is 18.9 Å². The van der Waals surface area contributed by atoms with Crippen molar-refractivity contribution in [1.82, 2.24) is 20.6 Å². The molecule has 2 atom stereocenters. The number of para-hydroxylation sites is 1. The Labute approximate surface area is 228 Å². The van der Waals surface area contributed by atoms with Crippen LogP contribution in [0.3, 0.4) is 0 Å². The fourth-order valence-corrected chi connectivity index (χ4v) is 4.95. The van der Waals surface area contributed by atoms with Gasteiger partial charge < -0.3 is 30.5 Å². The van der Waals surface area contributed by atoms with E-state index in [-0.39, 0.29) is 23.8 Å². The summed E-state index contributed by atoms with van der Waals surface area (Å²) >= 11 is 0. The molecule has 2 amide bonds. The number of rotatable bonds is 8. The topological polar surface area (TPSA) is 112 Å². The summed E-state index contributed by atoms with van der Waals surface area (Å²) in [5, 5.41) is 9.53. The number of carbonyl (C=O) groups is 2. The van der Waals surface area contributed by atoms with E-state index in [1.54, 1.807) is 49.5 Å². The van der Waals surface area contributed by atoms with Gasteiger partial charge in [-0.2, -0.15) is 4.98 Å². The number of hydrogen-bond acceptors (Lipinski definition) is 8. The maximum atomic E-state index is 13.3. The van der Waals surface area contributed by atoms with Gasteiger partial charge in [-0.1, -0.05) is 24.3 Å². The fraction of sp³-hybridized carbons (Fsp3) is 0.310. The second kappa shape index (κ2) is 11.5. The molecular formula is C29H33N7O3. The van der Waals surface area contributed by atoms with E-state index in [1.807, 2.05) is 35.2 Å². The van der Waals surface area contributed by atoms with Gasteiger partial charge in [0, 0.05) is 37.4 Å². The Kier molecular flexibility index (Phi) is 7.74. The van der Waals surface area contributed by atoms with Gasteiger partial charge in [0.15, 0.2) is 5.82 Å². The van der Waals surface area contributed by atoms with Crippen LogP contribution in [0.15, 0.2) is 67.4 Å². The molecule has 1 aromatic heterocycles. The van der Waals surface area contributed by atoms with Crippen LogP contribution in [0.25, 0.3) is 0 Å². The smallest absolute Gasteiger partial charge is 0.251 e. The van der Waals surface area contributed by atoms with E-state index in [0.29, 0.717) is 47.4 Å². The maximum absolute atomic E-state index is 13.3. The molecule has 0 bridgehead atoms. The van der Waals surface area contributed by atoms with Gasteiger partial charge in [-0.05, 0) is 49.7 Å². The third kappa shape index (κ3) is 5.56. The molecule has 3 N–H and O–H groups in total. The lowest BCUT2D eigenvalue weighted by Crippen LogP contribution is -2.36. The summed E-state index contributed by atoms with van der Waals surface area (Å²) in [6.45, 7) is 5.97. The number of amides is 2. The summed E-state index contributed by atoms with van der Waals surface area (Å²) in [6, 6.07) is 15.2. The lowest BCUT2D eigenvalue weighted by molar-refractivity contribution is -0.121. The second-order valence-electron chi connectivity index (χ2n) is 9.67. The van der Waals surface area contributed by atoms with E-state index in [0.717, 1.165) is 25.2 Å². The molecule has 3 heterocycles. The summed E-state index contributed by atoms with van der Waals surface area (Å²) in [5.74, 6) is 1.01. The molecule has 0 aliphatic carbocycles. The zero-order valence-electron chi connectivity index (χ0n) is 22.2. The van der Waals surface area contributed by atoms with E-state index in [4.69, 9.17) is 9.72 Å². The van der Waals surface area contributed by atoms with Crippen LogP contribution in [0, 0.1) is 5.92 Å². The number of benzene rings is 2. The average molecular weight is 528 g/mol. The first-order valence-corrected chi connectivity index (χ1v) is 13.0. The number of nitrogens with zero attached hydrogens (tertiary/aromatic N) is 4. The highest BCUT2D eigenvalue weighted by Gasteiger charge is 2.33. The molecule has 1 fully saturated rings. The van der Waals surface area contributed by atoms with E-state index in [1.165, 1.54) is 0 Å². The van der Waals surface area contributed by atoms with Crippen LogP contribution in [0.1, 0.15) is 23.2 Å². The Morgan fingerprint density at radius 1 is 1.26 bits per heavy atom. The number of nitrogens with one attached hydrogen (secondary N) is 3. The van der Waals surface area contributed by atoms with Crippen molar-refractivity contribution in [3.8, 4) is 5.75 Å². The molecule has 202 valence electrons. The number of hydrogen-bond donors (Lipinski definition) is 3. The minimum atomic E-state index is -0.280. The Balaban J connectivity index is 1.46. The highest BCUT2D eigenvalue weighted by Crippen LogP contribution is 2.38. The van der Waals surface area contributed by atoms with Crippen molar-refractivity contribution in [3.05, 3.63) is 72.9 Å². The summed E-state index contributed by atoms with van der Waals surface area (Å²) in [6.07, 6.45) is 4.88. The van der Waals surface area contributed by atoms with Crippen molar-refractivity contribution < 1.29 is 14.3 Å². The standard InChI is InChI=1S/C29H33N7O3/c1-4-8-20-18-36(22-9-6-5-7-10-22)26-24(35(2)28(20)38)17-31-29(34-26)33-23-12-11-19(15-25(23)39-3)27(37)32-21-13-14-30-16-21/h4-7,9-12,15,17,20-21,30H,1,8,13-14,16,18H2,2-3H3,(H,32,37)(H,31,33,34)/t20?,21-/m1/s1. The zero-order chi connectivity index (χ0) is 27.4. The zero-order valence-corrected chi connectivity index (χ0v) is 22.2. The molecule has 2 aliphatic rings. The van der Waals surface area contributed by atoms with Gasteiger partial charge in [0.25, 0.3) is 5.91 Å². The highest BCUT2D eigenvalue weighted by atomic mass is 16.5. The number of ether oxygens (including phenoxy) is 1. The van der Waals surface area contributed by atoms with E-state index < -0.39 is 0 Å². The number of carbonyl (C=O) groups excluding carboxylic acids is 2. The first-order valence-electron chi connectivity index (χ1n) is 13.0. The molecule has 2 aromatic carbocycles. The molecular weight excluding hydrogens is 494 g/mol. The van der Waals surface area contributed by atoms with Gasteiger partial charge in [0.1, 0.15) is 11.4 Å². The van der Waals surface area contributed by atoms with E-state index in [2.05, 4.69) is 27.5 Å². The third-order valence-electron chi connectivity index (χ3n) is 7.07. The monoisotopic (exact) mass is 527 g/mol. The molecule has 5 rings (SSSR count). The minimum Gasteiger partial charge on any atom is -0.495 e. The van der Waals surface area contributed by atoms with Gasteiger partial charge in [-0.15, -0.1) is 6.58 Å². The van der Waals surface area contributed by atoms with Crippen molar-refractivity contribution in [2.24, 2.45) is 5.92 Å². The van der Waals surface area contributed by atoms with Crippen LogP contribution in [0.4, 0.5) is 28.8 Å².